The minimum Gasteiger partial charge on any atom is -0.249 e. The van der Waals surface area contributed by atoms with Crippen LogP contribution in [-0.4, -0.2) is 14.8 Å². The zero-order valence-electron chi connectivity index (χ0n) is 5.63. The van der Waals surface area contributed by atoms with Gasteiger partial charge in [-0.05, 0) is 12.5 Å². The third kappa shape index (κ3) is 0.988. The molecule has 1 rings (SSSR count). The molecular weight excluding hydrogens is 114 g/mol. The number of rotatable bonds is 1. The topological polar surface area (TPSA) is 30.7 Å². The second kappa shape index (κ2) is 2.01. The molecule has 0 radical (unpaired) electrons. The molecule has 0 spiro atoms. The fourth-order valence-electron chi connectivity index (χ4n) is 0.683. The van der Waals surface area contributed by atoms with Gasteiger partial charge in [-0.2, -0.15) is 5.10 Å². The van der Waals surface area contributed by atoms with Crippen LogP contribution in [0.5, 0.6) is 0 Å². The summed E-state index contributed by atoms with van der Waals surface area (Å²) in [7, 11) is 1.84. The van der Waals surface area contributed by atoms with Gasteiger partial charge in [0.2, 0.25) is 0 Å². The van der Waals surface area contributed by atoms with Crippen molar-refractivity contribution in [3.8, 4) is 0 Å². The van der Waals surface area contributed by atoms with Gasteiger partial charge in [0, 0.05) is 7.05 Å². The maximum Gasteiger partial charge on any atom is 0.152 e. The average molecular weight is 123 g/mol. The molecule has 1 aromatic heterocycles. The average Bonchev–Trinajstić information content (AvgIpc) is 2.13. The highest BCUT2D eigenvalue weighted by atomic mass is 15.3. The molecule has 0 unspecified atom stereocenters. The van der Waals surface area contributed by atoms with Crippen molar-refractivity contribution < 1.29 is 0 Å². The minimum absolute atomic E-state index is 0.843. The molecule has 9 heavy (non-hydrogen) atoms. The van der Waals surface area contributed by atoms with Gasteiger partial charge in [0.05, 0.1) is 0 Å². The summed E-state index contributed by atoms with van der Waals surface area (Å²) < 4.78 is 1.70. The Labute approximate surface area is 54.0 Å². The molecule has 0 N–H and O–H groups in total. The summed E-state index contributed by atoms with van der Waals surface area (Å²) in [6, 6.07) is 0. The fraction of sp³-hybridized carbons (Fsp3) is 0.333. The molecule has 0 aliphatic heterocycles. The van der Waals surface area contributed by atoms with Crippen molar-refractivity contribution in [1.29, 1.82) is 0 Å². The van der Waals surface area contributed by atoms with Crippen LogP contribution >= 0.6 is 0 Å². The smallest absolute Gasteiger partial charge is 0.152 e. The summed E-state index contributed by atoms with van der Waals surface area (Å²) in [5.74, 6) is 0.843. The van der Waals surface area contributed by atoms with Gasteiger partial charge in [-0.15, -0.1) is 0 Å². The summed E-state index contributed by atoms with van der Waals surface area (Å²) in [6.45, 7) is 5.64. The van der Waals surface area contributed by atoms with E-state index in [1.807, 2.05) is 14.0 Å². The molecule has 0 fully saturated rings. The Bertz CT molecular complexity index is 224. The van der Waals surface area contributed by atoms with Crippen molar-refractivity contribution in [1.82, 2.24) is 14.8 Å². The van der Waals surface area contributed by atoms with Crippen LogP contribution in [0.2, 0.25) is 0 Å². The Hall–Kier alpha value is -1.12. The van der Waals surface area contributed by atoms with Crippen LogP contribution in [0.25, 0.3) is 5.57 Å². The number of allylic oxidation sites excluding steroid dienone is 1. The van der Waals surface area contributed by atoms with E-state index in [1.54, 1.807) is 4.68 Å². The van der Waals surface area contributed by atoms with Crippen molar-refractivity contribution in [3.05, 3.63) is 18.7 Å². The van der Waals surface area contributed by atoms with E-state index in [9.17, 15) is 0 Å². The number of nitrogens with zero attached hydrogens (tertiary/aromatic N) is 3. The van der Waals surface area contributed by atoms with Crippen LogP contribution in [0, 0.1) is 0 Å². The van der Waals surface area contributed by atoms with Crippen LogP contribution in [0.3, 0.4) is 0 Å². The zero-order chi connectivity index (χ0) is 6.85. The summed E-state index contributed by atoms with van der Waals surface area (Å²) in [5, 5.41) is 3.88. The molecule has 1 aromatic rings. The van der Waals surface area contributed by atoms with Crippen molar-refractivity contribution in [2.45, 2.75) is 6.92 Å². The Kier molecular flexibility index (Phi) is 1.34. The highest BCUT2D eigenvalue weighted by Gasteiger charge is 1.97. The molecular formula is C6H9N3. The van der Waals surface area contributed by atoms with Crippen LogP contribution in [0.15, 0.2) is 12.9 Å². The van der Waals surface area contributed by atoms with Gasteiger partial charge in [0.1, 0.15) is 6.33 Å². The Morgan fingerprint density at radius 1 is 1.78 bits per heavy atom. The van der Waals surface area contributed by atoms with Gasteiger partial charge in [-0.1, -0.05) is 6.58 Å². The lowest BCUT2D eigenvalue weighted by molar-refractivity contribution is 0.752. The van der Waals surface area contributed by atoms with Crippen molar-refractivity contribution in [3.63, 3.8) is 0 Å². The van der Waals surface area contributed by atoms with E-state index in [1.165, 1.54) is 6.33 Å². The number of hydrogen-bond acceptors (Lipinski definition) is 2. The first kappa shape index (κ1) is 6.01. The first-order valence-electron chi connectivity index (χ1n) is 2.71. The highest BCUT2D eigenvalue weighted by Crippen LogP contribution is 2.03. The first-order valence-corrected chi connectivity index (χ1v) is 2.71. The van der Waals surface area contributed by atoms with E-state index in [0.717, 1.165) is 11.4 Å². The van der Waals surface area contributed by atoms with E-state index in [0.29, 0.717) is 0 Å². The van der Waals surface area contributed by atoms with Crippen molar-refractivity contribution in [2.24, 2.45) is 7.05 Å². The quantitative estimate of drug-likeness (QED) is 0.554. The van der Waals surface area contributed by atoms with Crippen LogP contribution in [-0.2, 0) is 7.05 Å². The predicted molar refractivity (Wildman–Crippen MR) is 35.7 cm³/mol. The second-order valence-corrected chi connectivity index (χ2v) is 1.99. The number of aryl methyl sites for hydroxylation is 1. The maximum atomic E-state index is 3.97. The molecule has 3 heteroatoms. The van der Waals surface area contributed by atoms with E-state index in [2.05, 4.69) is 16.7 Å². The minimum atomic E-state index is 0.843. The molecule has 0 saturated heterocycles. The summed E-state index contributed by atoms with van der Waals surface area (Å²) in [5.41, 5.74) is 0.940. The maximum absolute atomic E-state index is 3.97. The normalized spacial score (nSPS) is 9.56. The standard InChI is InChI=1S/C6H9N3/c1-5(2)6-7-4-8-9(6)3/h4H,1H2,2-3H3. The summed E-state index contributed by atoms with van der Waals surface area (Å²) in [4.78, 5) is 3.97. The van der Waals surface area contributed by atoms with Crippen LogP contribution in [0.1, 0.15) is 12.7 Å². The Balaban J connectivity index is 3.08. The Morgan fingerprint density at radius 2 is 2.44 bits per heavy atom. The van der Waals surface area contributed by atoms with Gasteiger partial charge in [0.25, 0.3) is 0 Å². The van der Waals surface area contributed by atoms with Crippen LogP contribution < -0.4 is 0 Å². The SMILES string of the molecule is C=C(C)c1ncnn1C. The largest absolute Gasteiger partial charge is 0.249 e. The fourth-order valence-corrected chi connectivity index (χ4v) is 0.683. The van der Waals surface area contributed by atoms with E-state index >= 15 is 0 Å². The molecule has 0 aliphatic carbocycles. The van der Waals surface area contributed by atoms with E-state index in [4.69, 9.17) is 0 Å². The second-order valence-electron chi connectivity index (χ2n) is 1.99. The summed E-state index contributed by atoms with van der Waals surface area (Å²) in [6.07, 6.45) is 1.52. The molecule has 0 aliphatic rings. The van der Waals surface area contributed by atoms with Gasteiger partial charge in [-0.25, -0.2) is 9.67 Å². The van der Waals surface area contributed by atoms with Crippen molar-refractivity contribution >= 4 is 5.57 Å². The van der Waals surface area contributed by atoms with Gasteiger partial charge >= 0.3 is 0 Å². The van der Waals surface area contributed by atoms with E-state index in [-0.39, 0.29) is 0 Å². The molecule has 0 saturated carbocycles. The summed E-state index contributed by atoms with van der Waals surface area (Å²) >= 11 is 0. The Morgan fingerprint density at radius 3 is 2.67 bits per heavy atom. The zero-order valence-corrected chi connectivity index (χ0v) is 5.63. The molecule has 1 heterocycles. The number of hydrogen-bond donors (Lipinski definition) is 0. The molecule has 3 nitrogen and oxygen atoms in total. The monoisotopic (exact) mass is 123 g/mol. The van der Waals surface area contributed by atoms with Crippen molar-refractivity contribution in [2.75, 3.05) is 0 Å². The lowest BCUT2D eigenvalue weighted by Crippen LogP contribution is -1.95. The molecule has 0 amide bonds. The van der Waals surface area contributed by atoms with Crippen LogP contribution in [0.4, 0.5) is 0 Å². The third-order valence-corrected chi connectivity index (χ3v) is 1.09. The lowest BCUT2D eigenvalue weighted by atomic mass is 10.3. The highest BCUT2D eigenvalue weighted by molar-refractivity contribution is 5.53. The molecule has 0 bridgehead atoms. The van der Waals surface area contributed by atoms with Gasteiger partial charge in [0.15, 0.2) is 5.82 Å². The molecule has 0 atom stereocenters. The molecule has 0 aromatic carbocycles. The molecule has 48 valence electrons. The lowest BCUT2D eigenvalue weighted by Gasteiger charge is -1.94. The number of aromatic nitrogens is 3. The predicted octanol–water partition coefficient (Wildman–Crippen LogP) is 0.848. The van der Waals surface area contributed by atoms with Gasteiger partial charge < -0.3 is 0 Å². The van der Waals surface area contributed by atoms with E-state index < -0.39 is 0 Å². The van der Waals surface area contributed by atoms with Gasteiger partial charge in [-0.3, -0.25) is 0 Å². The first-order chi connectivity index (χ1) is 4.22. The third-order valence-electron chi connectivity index (χ3n) is 1.09.